The molecule has 0 atom stereocenters. The Morgan fingerprint density at radius 2 is 2.07 bits per heavy atom. The first-order chi connectivity index (χ1) is 13.1. The number of carbonyl (C=O) groups excluding carboxylic acids is 1. The highest BCUT2D eigenvalue weighted by Crippen LogP contribution is 2.30. The third-order valence-corrected chi connectivity index (χ3v) is 4.65. The van der Waals surface area contributed by atoms with Gasteiger partial charge in [0, 0.05) is 45.5 Å². The molecular formula is C21H28N4O2. The summed E-state index contributed by atoms with van der Waals surface area (Å²) < 4.78 is 5.00. The predicted octanol–water partition coefficient (Wildman–Crippen LogP) is 3.01. The van der Waals surface area contributed by atoms with E-state index < -0.39 is 0 Å². The fourth-order valence-corrected chi connectivity index (χ4v) is 2.81. The molecule has 0 aliphatic heterocycles. The first kappa shape index (κ1) is 19.2. The summed E-state index contributed by atoms with van der Waals surface area (Å²) in [6, 6.07) is 12.0. The van der Waals surface area contributed by atoms with Crippen LogP contribution in [-0.2, 0) is 4.74 Å². The maximum absolute atomic E-state index is 12.5. The molecule has 2 aromatic rings. The summed E-state index contributed by atoms with van der Waals surface area (Å²) in [5.41, 5.74) is 3.56. The number of methoxy groups -OCH3 is 1. The average molecular weight is 368 g/mol. The first-order valence-corrected chi connectivity index (χ1v) is 9.38. The van der Waals surface area contributed by atoms with Crippen molar-refractivity contribution in [2.75, 3.05) is 51.1 Å². The monoisotopic (exact) mass is 368 g/mol. The largest absolute Gasteiger partial charge is 0.383 e. The van der Waals surface area contributed by atoms with Gasteiger partial charge in [-0.2, -0.15) is 0 Å². The average Bonchev–Trinajstić information content (AvgIpc) is 3.51. The molecule has 1 aromatic carbocycles. The van der Waals surface area contributed by atoms with Gasteiger partial charge in [0.25, 0.3) is 5.91 Å². The number of benzene rings is 1. The van der Waals surface area contributed by atoms with Crippen molar-refractivity contribution in [2.24, 2.45) is 5.92 Å². The van der Waals surface area contributed by atoms with Crippen LogP contribution in [0, 0.1) is 5.92 Å². The quantitative estimate of drug-likeness (QED) is 0.666. The number of anilines is 2. The fourth-order valence-electron chi connectivity index (χ4n) is 2.81. The molecule has 0 saturated heterocycles. The first-order valence-electron chi connectivity index (χ1n) is 9.38. The molecule has 1 aliphatic rings. The van der Waals surface area contributed by atoms with Crippen LogP contribution in [-0.4, -0.2) is 51.8 Å². The highest BCUT2D eigenvalue weighted by molar-refractivity contribution is 5.99. The van der Waals surface area contributed by atoms with E-state index in [1.54, 1.807) is 7.11 Å². The van der Waals surface area contributed by atoms with Gasteiger partial charge in [-0.25, -0.2) is 4.98 Å². The number of aromatic nitrogens is 1. The Kier molecular flexibility index (Phi) is 6.29. The number of carbonyl (C=O) groups is 1. The van der Waals surface area contributed by atoms with E-state index in [1.165, 1.54) is 12.8 Å². The molecule has 3 rings (SSSR count). The van der Waals surface area contributed by atoms with E-state index in [0.717, 1.165) is 23.5 Å². The topological polar surface area (TPSA) is 66.5 Å². The fraction of sp³-hybridized carbons (Fsp3) is 0.429. The normalized spacial score (nSPS) is 13.3. The molecule has 0 spiro atoms. The summed E-state index contributed by atoms with van der Waals surface area (Å²) in [6.07, 6.45) is 2.49. The van der Waals surface area contributed by atoms with Crippen LogP contribution in [0.5, 0.6) is 0 Å². The van der Waals surface area contributed by atoms with E-state index in [2.05, 4.69) is 27.7 Å². The Hall–Kier alpha value is -2.60. The Morgan fingerprint density at radius 3 is 2.78 bits per heavy atom. The molecule has 0 radical (unpaired) electrons. The molecule has 2 N–H and O–H groups in total. The van der Waals surface area contributed by atoms with Gasteiger partial charge in [0.15, 0.2) is 0 Å². The molecule has 1 saturated carbocycles. The van der Waals surface area contributed by atoms with Crippen molar-refractivity contribution < 1.29 is 9.53 Å². The second-order valence-electron chi connectivity index (χ2n) is 7.11. The molecule has 0 unspecified atom stereocenters. The van der Waals surface area contributed by atoms with Crippen molar-refractivity contribution in [3.63, 3.8) is 0 Å². The third kappa shape index (κ3) is 5.20. The number of hydrogen-bond donors (Lipinski definition) is 2. The molecule has 27 heavy (non-hydrogen) atoms. The maximum Gasteiger partial charge on any atom is 0.255 e. The van der Waals surface area contributed by atoms with Crippen LogP contribution in [0.15, 0.2) is 36.4 Å². The molecule has 0 bridgehead atoms. The van der Waals surface area contributed by atoms with Gasteiger partial charge in [0.05, 0.1) is 17.9 Å². The van der Waals surface area contributed by atoms with Gasteiger partial charge < -0.3 is 20.3 Å². The summed E-state index contributed by atoms with van der Waals surface area (Å²) >= 11 is 0. The van der Waals surface area contributed by atoms with Crippen molar-refractivity contribution in [1.29, 1.82) is 0 Å². The SMILES string of the molecule is COCCNC(=O)c1ccc(-c2cccc(N(C)C)c2)nc1NCC1CC1. The van der Waals surface area contributed by atoms with E-state index in [-0.39, 0.29) is 5.91 Å². The molecule has 6 nitrogen and oxygen atoms in total. The number of rotatable bonds is 9. The smallest absolute Gasteiger partial charge is 0.255 e. The predicted molar refractivity (Wildman–Crippen MR) is 109 cm³/mol. The van der Waals surface area contributed by atoms with Crippen LogP contribution in [0.4, 0.5) is 11.5 Å². The van der Waals surface area contributed by atoms with E-state index in [9.17, 15) is 4.79 Å². The number of nitrogens with zero attached hydrogens (tertiary/aromatic N) is 2. The van der Waals surface area contributed by atoms with E-state index in [0.29, 0.717) is 30.5 Å². The highest BCUT2D eigenvalue weighted by Gasteiger charge is 2.22. The van der Waals surface area contributed by atoms with E-state index >= 15 is 0 Å². The standard InChI is InChI=1S/C21H28N4O2/c1-25(2)17-6-4-5-16(13-17)19-10-9-18(21(26)22-11-12-27-3)20(24-19)23-14-15-7-8-15/h4-6,9-10,13,15H,7-8,11-12,14H2,1-3H3,(H,22,26)(H,23,24). The summed E-state index contributed by atoms with van der Waals surface area (Å²) in [7, 11) is 5.65. The maximum atomic E-state index is 12.5. The summed E-state index contributed by atoms with van der Waals surface area (Å²) in [4.78, 5) is 19.4. The zero-order valence-electron chi connectivity index (χ0n) is 16.3. The number of hydrogen-bond acceptors (Lipinski definition) is 5. The molecule has 1 fully saturated rings. The Morgan fingerprint density at radius 1 is 1.26 bits per heavy atom. The summed E-state index contributed by atoms with van der Waals surface area (Å²) in [5.74, 6) is 1.20. The van der Waals surface area contributed by atoms with Crippen LogP contribution >= 0.6 is 0 Å². The van der Waals surface area contributed by atoms with Crippen molar-refractivity contribution in [3.05, 3.63) is 42.0 Å². The lowest BCUT2D eigenvalue weighted by Gasteiger charge is -2.15. The minimum atomic E-state index is -0.133. The number of pyridine rings is 1. The zero-order valence-corrected chi connectivity index (χ0v) is 16.3. The van der Waals surface area contributed by atoms with Gasteiger partial charge in [-0.15, -0.1) is 0 Å². The van der Waals surface area contributed by atoms with Crippen molar-refractivity contribution in [1.82, 2.24) is 10.3 Å². The second-order valence-corrected chi connectivity index (χ2v) is 7.11. The number of ether oxygens (including phenoxy) is 1. The Balaban J connectivity index is 1.86. The number of amides is 1. The summed E-state index contributed by atoms with van der Waals surface area (Å²) in [6.45, 7) is 1.82. The van der Waals surface area contributed by atoms with Crippen LogP contribution in [0.2, 0.25) is 0 Å². The summed E-state index contributed by atoms with van der Waals surface area (Å²) in [5, 5.41) is 6.26. The lowest BCUT2D eigenvalue weighted by Crippen LogP contribution is -2.28. The third-order valence-electron chi connectivity index (χ3n) is 4.65. The minimum Gasteiger partial charge on any atom is -0.383 e. The Bertz CT molecular complexity index is 788. The highest BCUT2D eigenvalue weighted by atomic mass is 16.5. The van der Waals surface area contributed by atoms with Crippen molar-refractivity contribution in [2.45, 2.75) is 12.8 Å². The minimum absolute atomic E-state index is 0.133. The molecule has 144 valence electrons. The van der Waals surface area contributed by atoms with Gasteiger partial charge in [0.2, 0.25) is 0 Å². The zero-order chi connectivity index (χ0) is 19.2. The molecule has 1 aliphatic carbocycles. The van der Waals surface area contributed by atoms with Gasteiger partial charge in [-0.1, -0.05) is 12.1 Å². The van der Waals surface area contributed by atoms with Gasteiger partial charge in [-0.3, -0.25) is 4.79 Å². The Labute approximate surface area is 160 Å². The van der Waals surface area contributed by atoms with Gasteiger partial charge in [-0.05, 0) is 43.0 Å². The van der Waals surface area contributed by atoms with Crippen molar-refractivity contribution >= 4 is 17.4 Å². The molecule has 1 heterocycles. The van der Waals surface area contributed by atoms with E-state index in [1.807, 2.05) is 38.4 Å². The van der Waals surface area contributed by atoms with Crippen molar-refractivity contribution in [3.8, 4) is 11.3 Å². The van der Waals surface area contributed by atoms with Crippen LogP contribution in [0.1, 0.15) is 23.2 Å². The van der Waals surface area contributed by atoms with Crippen LogP contribution in [0.3, 0.4) is 0 Å². The van der Waals surface area contributed by atoms with E-state index in [4.69, 9.17) is 9.72 Å². The van der Waals surface area contributed by atoms with Gasteiger partial charge >= 0.3 is 0 Å². The number of nitrogens with one attached hydrogen (secondary N) is 2. The van der Waals surface area contributed by atoms with Crippen LogP contribution < -0.4 is 15.5 Å². The van der Waals surface area contributed by atoms with Crippen LogP contribution in [0.25, 0.3) is 11.3 Å². The molecular weight excluding hydrogens is 340 g/mol. The second kappa shape index (κ2) is 8.86. The molecule has 6 heteroatoms. The molecule has 1 aromatic heterocycles. The lowest BCUT2D eigenvalue weighted by atomic mass is 10.1. The van der Waals surface area contributed by atoms with Gasteiger partial charge in [0.1, 0.15) is 5.82 Å². The lowest BCUT2D eigenvalue weighted by molar-refractivity contribution is 0.0937. The molecule has 1 amide bonds.